The molecule has 1 aliphatic rings. The van der Waals surface area contributed by atoms with Crippen molar-refractivity contribution in [1.29, 1.82) is 0 Å². The Morgan fingerprint density at radius 1 is 1.08 bits per heavy atom. The van der Waals surface area contributed by atoms with Gasteiger partial charge < -0.3 is 9.88 Å². The maximum atomic E-state index is 12.7. The van der Waals surface area contributed by atoms with E-state index in [0.717, 1.165) is 18.5 Å². The Labute approximate surface area is 138 Å². The van der Waals surface area contributed by atoms with Gasteiger partial charge in [-0.2, -0.15) is 26.3 Å². The number of hydrogen-bond acceptors (Lipinski definition) is 4. The molecule has 0 saturated carbocycles. The number of nitrogens with zero attached hydrogens (tertiary/aromatic N) is 4. The van der Waals surface area contributed by atoms with E-state index in [1.807, 2.05) is 0 Å². The molecule has 0 saturated heterocycles. The van der Waals surface area contributed by atoms with Crippen molar-refractivity contribution in [1.82, 2.24) is 19.5 Å². The number of alkyl halides is 6. The molecule has 0 spiro atoms. The molecule has 1 atom stereocenters. The lowest BCUT2D eigenvalue weighted by atomic mass is 9.99. The summed E-state index contributed by atoms with van der Waals surface area (Å²) in [5.74, 6) is 0.127. The molecule has 1 aliphatic heterocycles. The summed E-state index contributed by atoms with van der Waals surface area (Å²) in [7, 11) is 0. The Hall–Kier alpha value is -2.33. The number of aryl methyl sites for hydroxylation is 1. The van der Waals surface area contributed by atoms with E-state index < -0.39 is 23.7 Å². The Kier molecular flexibility index (Phi) is 4.33. The van der Waals surface area contributed by atoms with E-state index in [0.29, 0.717) is 25.2 Å². The van der Waals surface area contributed by atoms with Crippen LogP contribution in [0.15, 0.2) is 18.5 Å². The number of anilines is 1. The Balaban J connectivity index is 1.63. The van der Waals surface area contributed by atoms with Crippen LogP contribution in [0.3, 0.4) is 0 Å². The first-order valence-electron chi connectivity index (χ1n) is 7.40. The standard InChI is InChI=1S/C14H13F6N5/c15-13(16,17)9-3-4-21-12(24-9)22-5-8-1-2-11-23-10(14(18,19)20)7-25(11)6-8/h3-4,7-8H,1-2,5-6H2,(H,21,22,24). The number of halogens is 6. The van der Waals surface area contributed by atoms with Crippen molar-refractivity contribution in [2.75, 3.05) is 11.9 Å². The lowest BCUT2D eigenvalue weighted by Gasteiger charge is -2.23. The molecule has 0 aromatic carbocycles. The fraction of sp³-hybridized carbons (Fsp3) is 0.500. The van der Waals surface area contributed by atoms with Crippen molar-refractivity contribution in [2.24, 2.45) is 5.92 Å². The molecule has 1 N–H and O–H groups in total. The Morgan fingerprint density at radius 3 is 2.48 bits per heavy atom. The van der Waals surface area contributed by atoms with Crippen LogP contribution in [0, 0.1) is 5.92 Å². The summed E-state index contributed by atoms with van der Waals surface area (Å²) in [5, 5.41) is 2.72. The van der Waals surface area contributed by atoms with Gasteiger partial charge in [-0.05, 0) is 18.4 Å². The van der Waals surface area contributed by atoms with Gasteiger partial charge in [0.15, 0.2) is 5.69 Å². The van der Waals surface area contributed by atoms with Crippen LogP contribution in [0.1, 0.15) is 23.6 Å². The third kappa shape index (κ3) is 4.02. The molecule has 1 unspecified atom stereocenters. The first-order chi connectivity index (χ1) is 11.6. The van der Waals surface area contributed by atoms with E-state index in [9.17, 15) is 26.3 Å². The fourth-order valence-corrected chi connectivity index (χ4v) is 2.66. The first kappa shape index (κ1) is 17.5. The normalized spacial score (nSPS) is 18.1. The van der Waals surface area contributed by atoms with E-state index >= 15 is 0 Å². The molecule has 0 bridgehead atoms. The van der Waals surface area contributed by atoms with Crippen LogP contribution in [-0.4, -0.2) is 26.1 Å². The van der Waals surface area contributed by atoms with Crippen LogP contribution in [0.2, 0.25) is 0 Å². The zero-order valence-corrected chi connectivity index (χ0v) is 12.7. The van der Waals surface area contributed by atoms with E-state index in [1.165, 1.54) is 4.57 Å². The van der Waals surface area contributed by atoms with Gasteiger partial charge in [-0.25, -0.2) is 15.0 Å². The summed E-state index contributed by atoms with van der Waals surface area (Å²) in [5.41, 5.74) is -1.99. The Bertz CT molecular complexity index is 751. The van der Waals surface area contributed by atoms with Crippen LogP contribution >= 0.6 is 0 Å². The van der Waals surface area contributed by atoms with Gasteiger partial charge in [-0.15, -0.1) is 0 Å². The molecule has 0 amide bonds. The molecule has 3 heterocycles. The smallest absolute Gasteiger partial charge is 0.354 e. The highest BCUT2D eigenvalue weighted by molar-refractivity contribution is 5.26. The molecular formula is C14H13F6N5. The second-order valence-electron chi connectivity index (χ2n) is 5.74. The number of fused-ring (bicyclic) bond motifs is 1. The van der Waals surface area contributed by atoms with E-state index in [1.54, 1.807) is 0 Å². The highest BCUT2D eigenvalue weighted by atomic mass is 19.4. The van der Waals surface area contributed by atoms with Crippen molar-refractivity contribution in [2.45, 2.75) is 31.7 Å². The van der Waals surface area contributed by atoms with Gasteiger partial charge in [0.25, 0.3) is 0 Å². The third-order valence-corrected chi connectivity index (χ3v) is 3.88. The third-order valence-electron chi connectivity index (χ3n) is 3.88. The van der Waals surface area contributed by atoms with Gasteiger partial charge in [-0.3, -0.25) is 0 Å². The topological polar surface area (TPSA) is 55.6 Å². The van der Waals surface area contributed by atoms with Gasteiger partial charge in [0, 0.05) is 31.9 Å². The molecule has 11 heteroatoms. The van der Waals surface area contributed by atoms with Crippen LogP contribution in [-0.2, 0) is 25.3 Å². The number of nitrogens with one attached hydrogen (secondary N) is 1. The summed E-state index contributed by atoms with van der Waals surface area (Å²) in [6, 6.07) is 0.766. The molecule has 0 fully saturated rings. The summed E-state index contributed by atoms with van der Waals surface area (Å²) in [6.45, 7) is 0.546. The van der Waals surface area contributed by atoms with Crippen molar-refractivity contribution >= 4 is 5.95 Å². The first-order valence-corrected chi connectivity index (χ1v) is 7.40. The lowest BCUT2D eigenvalue weighted by Crippen LogP contribution is -2.26. The minimum atomic E-state index is -4.57. The van der Waals surface area contributed by atoms with Crippen LogP contribution in [0.25, 0.3) is 0 Å². The molecule has 136 valence electrons. The highest BCUT2D eigenvalue weighted by Crippen LogP contribution is 2.31. The monoisotopic (exact) mass is 365 g/mol. The van der Waals surface area contributed by atoms with Crippen LogP contribution < -0.4 is 5.32 Å². The average molecular weight is 365 g/mol. The van der Waals surface area contributed by atoms with Crippen molar-refractivity contribution in [3.8, 4) is 0 Å². The summed E-state index contributed by atoms with van der Waals surface area (Å²) >= 11 is 0. The highest BCUT2D eigenvalue weighted by Gasteiger charge is 2.36. The molecule has 0 radical (unpaired) electrons. The molecule has 0 aliphatic carbocycles. The minimum absolute atomic E-state index is 0.0686. The van der Waals surface area contributed by atoms with Crippen molar-refractivity contribution < 1.29 is 26.3 Å². The molecule has 3 rings (SSSR count). The average Bonchev–Trinajstić information content (AvgIpc) is 2.96. The molecular weight excluding hydrogens is 352 g/mol. The predicted molar refractivity (Wildman–Crippen MR) is 74.6 cm³/mol. The minimum Gasteiger partial charge on any atom is -0.354 e. The van der Waals surface area contributed by atoms with E-state index in [-0.39, 0.29) is 18.4 Å². The SMILES string of the molecule is FC(F)(F)c1ccnc(NCC2CCc3nc(C(F)(F)F)cn3C2)n1. The molecule has 2 aromatic heterocycles. The van der Waals surface area contributed by atoms with Gasteiger partial charge in [-0.1, -0.05) is 0 Å². The molecule has 5 nitrogen and oxygen atoms in total. The van der Waals surface area contributed by atoms with Gasteiger partial charge in [0.05, 0.1) is 0 Å². The van der Waals surface area contributed by atoms with Crippen LogP contribution in [0.4, 0.5) is 32.3 Å². The summed E-state index contributed by atoms with van der Waals surface area (Å²) < 4.78 is 77.3. The quantitative estimate of drug-likeness (QED) is 0.848. The molecule has 25 heavy (non-hydrogen) atoms. The maximum Gasteiger partial charge on any atom is 0.434 e. The van der Waals surface area contributed by atoms with Crippen molar-refractivity contribution in [3.63, 3.8) is 0 Å². The Morgan fingerprint density at radius 2 is 1.80 bits per heavy atom. The maximum absolute atomic E-state index is 12.7. The lowest BCUT2D eigenvalue weighted by molar-refractivity contribution is -0.141. The van der Waals surface area contributed by atoms with E-state index in [2.05, 4.69) is 20.3 Å². The summed E-state index contributed by atoms with van der Waals surface area (Å²) in [6.07, 6.45) is -6.16. The zero-order chi connectivity index (χ0) is 18.2. The number of imidazole rings is 1. The van der Waals surface area contributed by atoms with Crippen LogP contribution in [0.5, 0.6) is 0 Å². The second-order valence-corrected chi connectivity index (χ2v) is 5.74. The second kappa shape index (κ2) is 6.19. The predicted octanol–water partition coefficient (Wildman–Crippen LogP) is 3.39. The summed E-state index contributed by atoms with van der Waals surface area (Å²) in [4.78, 5) is 10.7. The van der Waals surface area contributed by atoms with E-state index in [4.69, 9.17) is 0 Å². The zero-order valence-electron chi connectivity index (χ0n) is 12.7. The van der Waals surface area contributed by atoms with Gasteiger partial charge in [0.2, 0.25) is 5.95 Å². The largest absolute Gasteiger partial charge is 0.434 e. The van der Waals surface area contributed by atoms with Gasteiger partial charge in [0.1, 0.15) is 11.5 Å². The number of hydrogen-bond donors (Lipinski definition) is 1. The number of aromatic nitrogens is 4. The van der Waals surface area contributed by atoms with Crippen molar-refractivity contribution in [3.05, 3.63) is 35.7 Å². The van der Waals surface area contributed by atoms with Gasteiger partial charge >= 0.3 is 12.4 Å². The number of rotatable bonds is 3. The fourth-order valence-electron chi connectivity index (χ4n) is 2.66. The molecule has 2 aromatic rings.